The number of carbonyl (C=O) groups is 2. The molecule has 0 aliphatic carbocycles. The molecule has 33 heavy (non-hydrogen) atoms. The van der Waals surface area contributed by atoms with E-state index in [0.717, 1.165) is 12.1 Å². The van der Waals surface area contributed by atoms with Crippen LogP contribution in [0.5, 0.6) is 0 Å². The SMILES string of the molecule is Cc1ccc(C2C(C(=O)c3sc(-c4ccccc4)nc3C)=C(O)C(=O)N2CCCN(C)C)o1. The van der Waals surface area contributed by atoms with Gasteiger partial charge in [0.25, 0.3) is 5.91 Å². The minimum absolute atomic E-state index is 0.0468. The molecule has 1 N–H and O–H groups in total. The van der Waals surface area contributed by atoms with E-state index in [9.17, 15) is 14.7 Å². The molecule has 1 amide bonds. The average molecular weight is 466 g/mol. The van der Waals surface area contributed by atoms with Crippen LogP contribution < -0.4 is 0 Å². The minimum atomic E-state index is -0.775. The van der Waals surface area contributed by atoms with Crippen molar-refractivity contribution in [2.45, 2.75) is 26.3 Å². The molecule has 3 aromatic rings. The van der Waals surface area contributed by atoms with Gasteiger partial charge in [-0.25, -0.2) is 4.98 Å². The molecule has 172 valence electrons. The number of aromatic nitrogens is 1. The summed E-state index contributed by atoms with van der Waals surface area (Å²) in [6.07, 6.45) is 0.696. The zero-order valence-corrected chi connectivity index (χ0v) is 20.0. The van der Waals surface area contributed by atoms with Crippen molar-refractivity contribution >= 4 is 23.0 Å². The molecule has 1 atom stereocenters. The number of aryl methyl sites for hydroxylation is 2. The van der Waals surface area contributed by atoms with Gasteiger partial charge in [0, 0.05) is 12.1 Å². The molecule has 1 unspecified atom stereocenters. The van der Waals surface area contributed by atoms with Crippen LogP contribution in [0.2, 0.25) is 0 Å². The topological polar surface area (TPSA) is 86.9 Å². The Balaban J connectivity index is 1.72. The monoisotopic (exact) mass is 465 g/mol. The quantitative estimate of drug-likeness (QED) is 0.491. The Bertz CT molecular complexity index is 1210. The maximum atomic E-state index is 13.7. The van der Waals surface area contributed by atoms with Crippen molar-refractivity contribution in [3.63, 3.8) is 0 Å². The molecule has 4 rings (SSSR count). The summed E-state index contributed by atoms with van der Waals surface area (Å²) in [4.78, 5) is 35.3. The summed E-state index contributed by atoms with van der Waals surface area (Å²) in [5, 5.41) is 11.5. The van der Waals surface area contributed by atoms with E-state index in [1.54, 1.807) is 26.0 Å². The number of ketones is 1. The van der Waals surface area contributed by atoms with E-state index in [0.29, 0.717) is 40.1 Å². The average Bonchev–Trinajstić information content (AvgIpc) is 3.46. The Morgan fingerprint density at radius 1 is 1.18 bits per heavy atom. The van der Waals surface area contributed by atoms with Gasteiger partial charge in [-0.2, -0.15) is 0 Å². The first kappa shape index (κ1) is 22.9. The van der Waals surface area contributed by atoms with E-state index in [2.05, 4.69) is 4.98 Å². The third kappa shape index (κ3) is 4.49. The molecule has 1 aromatic carbocycles. The number of Topliss-reactive ketones (excluding diaryl/α,β-unsaturated/α-hetero) is 1. The molecule has 1 aliphatic heterocycles. The van der Waals surface area contributed by atoms with Crippen LogP contribution in [0.15, 0.2) is 58.2 Å². The van der Waals surface area contributed by atoms with Gasteiger partial charge in [0.2, 0.25) is 5.78 Å². The van der Waals surface area contributed by atoms with Crippen molar-refractivity contribution in [3.8, 4) is 10.6 Å². The number of amides is 1. The second-order valence-electron chi connectivity index (χ2n) is 8.40. The van der Waals surface area contributed by atoms with Crippen LogP contribution in [0.3, 0.4) is 0 Å². The van der Waals surface area contributed by atoms with Gasteiger partial charge in [0.15, 0.2) is 5.76 Å². The van der Waals surface area contributed by atoms with Crippen LogP contribution >= 0.6 is 11.3 Å². The summed E-state index contributed by atoms with van der Waals surface area (Å²) in [6, 6.07) is 12.4. The van der Waals surface area contributed by atoms with Crippen molar-refractivity contribution in [1.82, 2.24) is 14.8 Å². The van der Waals surface area contributed by atoms with Gasteiger partial charge in [-0.15, -0.1) is 11.3 Å². The smallest absolute Gasteiger partial charge is 0.290 e. The van der Waals surface area contributed by atoms with Gasteiger partial charge in [-0.3, -0.25) is 9.59 Å². The Morgan fingerprint density at radius 2 is 1.91 bits per heavy atom. The number of aliphatic hydroxyl groups excluding tert-OH is 1. The van der Waals surface area contributed by atoms with E-state index < -0.39 is 23.5 Å². The molecule has 7 nitrogen and oxygen atoms in total. The molecule has 8 heteroatoms. The highest BCUT2D eigenvalue weighted by molar-refractivity contribution is 7.17. The third-order valence-corrected chi connectivity index (χ3v) is 6.81. The zero-order valence-electron chi connectivity index (χ0n) is 19.2. The maximum Gasteiger partial charge on any atom is 0.290 e. The lowest BCUT2D eigenvalue weighted by atomic mass is 9.99. The van der Waals surface area contributed by atoms with Crippen molar-refractivity contribution in [2.75, 3.05) is 27.2 Å². The molecular weight excluding hydrogens is 438 g/mol. The van der Waals surface area contributed by atoms with E-state index in [1.165, 1.54) is 16.2 Å². The number of aliphatic hydroxyl groups is 1. The number of hydrogen-bond donors (Lipinski definition) is 1. The Hall–Kier alpha value is -3.23. The van der Waals surface area contributed by atoms with Gasteiger partial charge >= 0.3 is 0 Å². The van der Waals surface area contributed by atoms with Gasteiger partial charge in [0.1, 0.15) is 22.6 Å². The maximum absolute atomic E-state index is 13.7. The van der Waals surface area contributed by atoms with Crippen LogP contribution in [0.4, 0.5) is 0 Å². The summed E-state index contributed by atoms with van der Waals surface area (Å²) in [5.74, 6) is -0.334. The summed E-state index contributed by atoms with van der Waals surface area (Å²) >= 11 is 1.26. The fourth-order valence-corrected chi connectivity index (χ4v) is 5.03. The fourth-order valence-electron chi connectivity index (χ4n) is 4.00. The minimum Gasteiger partial charge on any atom is -0.503 e. The second-order valence-corrected chi connectivity index (χ2v) is 9.40. The number of nitrogens with zero attached hydrogens (tertiary/aromatic N) is 3. The lowest BCUT2D eigenvalue weighted by molar-refractivity contribution is -0.129. The van der Waals surface area contributed by atoms with E-state index in [1.807, 2.05) is 49.3 Å². The Morgan fingerprint density at radius 3 is 2.55 bits per heavy atom. The van der Waals surface area contributed by atoms with Crippen LogP contribution in [-0.4, -0.2) is 58.8 Å². The fraction of sp³-hybridized carbons (Fsp3) is 0.320. The van der Waals surface area contributed by atoms with Crippen molar-refractivity contribution < 1.29 is 19.1 Å². The molecular formula is C25H27N3O4S. The van der Waals surface area contributed by atoms with E-state index >= 15 is 0 Å². The highest BCUT2D eigenvalue weighted by atomic mass is 32.1. The number of benzene rings is 1. The summed E-state index contributed by atoms with van der Waals surface area (Å²) in [7, 11) is 3.92. The van der Waals surface area contributed by atoms with E-state index in [-0.39, 0.29) is 5.57 Å². The first-order chi connectivity index (χ1) is 15.8. The summed E-state index contributed by atoms with van der Waals surface area (Å²) in [6.45, 7) is 4.73. The summed E-state index contributed by atoms with van der Waals surface area (Å²) < 4.78 is 5.83. The van der Waals surface area contributed by atoms with Crippen molar-refractivity contribution in [2.24, 2.45) is 0 Å². The predicted octanol–water partition coefficient (Wildman–Crippen LogP) is 4.55. The Kier molecular flexibility index (Phi) is 6.49. The van der Waals surface area contributed by atoms with Crippen molar-refractivity contribution in [1.29, 1.82) is 0 Å². The van der Waals surface area contributed by atoms with Crippen LogP contribution in [0.1, 0.15) is 39.3 Å². The number of carbonyl (C=O) groups excluding carboxylic acids is 2. The molecule has 1 aliphatic rings. The van der Waals surface area contributed by atoms with Gasteiger partial charge in [-0.05, 0) is 53.0 Å². The largest absolute Gasteiger partial charge is 0.503 e. The van der Waals surface area contributed by atoms with Crippen LogP contribution in [0.25, 0.3) is 10.6 Å². The van der Waals surface area contributed by atoms with Crippen LogP contribution in [0, 0.1) is 13.8 Å². The van der Waals surface area contributed by atoms with Gasteiger partial charge < -0.3 is 19.3 Å². The number of rotatable bonds is 8. The first-order valence-electron chi connectivity index (χ1n) is 10.8. The molecule has 3 heterocycles. The molecule has 0 radical (unpaired) electrons. The van der Waals surface area contributed by atoms with E-state index in [4.69, 9.17) is 4.42 Å². The predicted molar refractivity (Wildman–Crippen MR) is 127 cm³/mol. The number of hydrogen-bond acceptors (Lipinski definition) is 7. The zero-order chi connectivity index (χ0) is 23.7. The highest BCUT2D eigenvalue weighted by Crippen LogP contribution is 2.41. The number of furan rings is 1. The lowest BCUT2D eigenvalue weighted by Crippen LogP contribution is -2.33. The standard InChI is InChI=1S/C25H27N3O4S/c1-15-11-12-18(32-15)20-19(22(30)25(31)28(20)14-8-13-27(3)4)21(29)23-16(2)26-24(33-23)17-9-6-5-7-10-17/h5-7,9-12,20,30H,8,13-14H2,1-4H3. The first-order valence-corrected chi connectivity index (χ1v) is 11.6. The van der Waals surface area contributed by atoms with Gasteiger partial charge in [0.05, 0.1) is 16.1 Å². The molecule has 0 saturated heterocycles. The number of thiazole rings is 1. The molecule has 0 fully saturated rings. The third-order valence-electron chi connectivity index (χ3n) is 5.61. The normalized spacial score (nSPS) is 16.3. The molecule has 0 bridgehead atoms. The highest BCUT2D eigenvalue weighted by Gasteiger charge is 2.45. The molecule has 2 aromatic heterocycles. The molecule has 0 spiro atoms. The Labute approximate surface area is 197 Å². The lowest BCUT2D eigenvalue weighted by Gasteiger charge is -2.25. The van der Waals surface area contributed by atoms with Gasteiger partial charge in [-0.1, -0.05) is 30.3 Å². The summed E-state index contributed by atoms with van der Waals surface area (Å²) in [5.41, 5.74) is 1.52. The van der Waals surface area contributed by atoms with Crippen LogP contribution in [-0.2, 0) is 4.79 Å². The van der Waals surface area contributed by atoms with Crippen molar-refractivity contribution in [3.05, 3.63) is 75.9 Å². The molecule has 0 saturated carbocycles. The second kappa shape index (κ2) is 9.33.